The third-order valence-corrected chi connectivity index (χ3v) is 5.64. The third kappa shape index (κ3) is 6.68. The van der Waals surface area contributed by atoms with Gasteiger partial charge in [-0.2, -0.15) is 0 Å². The zero-order valence-electron chi connectivity index (χ0n) is 20.2. The molecule has 1 atom stereocenters. The van der Waals surface area contributed by atoms with Crippen LogP contribution in [0.1, 0.15) is 37.2 Å². The summed E-state index contributed by atoms with van der Waals surface area (Å²) in [5.41, 5.74) is 1.07. The van der Waals surface area contributed by atoms with Crippen LogP contribution >= 0.6 is 0 Å². The molecule has 1 aliphatic rings. The van der Waals surface area contributed by atoms with E-state index in [1.807, 2.05) is 0 Å². The van der Waals surface area contributed by atoms with E-state index in [1.54, 1.807) is 31.2 Å². The Morgan fingerprint density at radius 2 is 1.75 bits per heavy atom. The van der Waals surface area contributed by atoms with Gasteiger partial charge in [0.05, 0.1) is 17.8 Å². The lowest BCUT2D eigenvalue weighted by Crippen LogP contribution is -2.56. The Balaban J connectivity index is 1.73. The number of hydrogen-bond donors (Lipinski definition) is 3. The highest BCUT2D eigenvalue weighted by molar-refractivity contribution is 6.02. The molecule has 12 heteroatoms. The predicted molar refractivity (Wildman–Crippen MR) is 129 cm³/mol. The summed E-state index contributed by atoms with van der Waals surface area (Å²) in [6.07, 6.45) is -0.868. The van der Waals surface area contributed by atoms with Crippen molar-refractivity contribution in [3.8, 4) is 0 Å². The largest absolute Gasteiger partial charge is 0.481 e. The molecule has 36 heavy (non-hydrogen) atoms. The lowest BCUT2D eigenvalue weighted by atomic mass is 10.1. The summed E-state index contributed by atoms with van der Waals surface area (Å²) >= 11 is 0. The monoisotopic (exact) mass is 499 g/mol. The Hall–Kier alpha value is -4.22. The molecule has 4 amide bonds. The molecule has 3 N–H and O–H groups in total. The maximum atomic E-state index is 13.2. The number of carboxylic acids is 1. The molecule has 1 aromatic heterocycles. The van der Waals surface area contributed by atoms with Gasteiger partial charge >= 0.3 is 12.1 Å². The molecule has 1 fully saturated rings. The summed E-state index contributed by atoms with van der Waals surface area (Å²) in [6.45, 7) is 4.35. The molecule has 1 aromatic carbocycles. The smallest absolute Gasteiger partial charge is 0.409 e. The number of amides is 4. The molecule has 0 aliphatic carbocycles. The van der Waals surface area contributed by atoms with Gasteiger partial charge < -0.3 is 30.3 Å². The summed E-state index contributed by atoms with van der Waals surface area (Å²) < 4.78 is 4.98. The third-order valence-electron chi connectivity index (χ3n) is 5.64. The van der Waals surface area contributed by atoms with Crippen molar-refractivity contribution in [3.63, 3.8) is 0 Å². The first-order valence-electron chi connectivity index (χ1n) is 11.6. The topological polar surface area (TPSA) is 158 Å². The second-order valence-corrected chi connectivity index (χ2v) is 8.22. The number of carbonyl (C=O) groups is 5. The van der Waals surface area contributed by atoms with Crippen molar-refractivity contribution < 1.29 is 33.8 Å². The standard InChI is InChI=1S/C24H29N5O7/c1-3-36-24(35)29-13-11-28(12-14-29)23(34)20(9-10-21(31)32)27-22(33)19-8-7-16-17(25-15(2)30)5-4-6-18(16)26-19/h4-8,20H,3,9-14H2,1-2H3,(H,25,30)(H,27,33)(H,31,32). The van der Waals surface area contributed by atoms with Gasteiger partial charge in [0.2, 0.25) is 11.8 Å². The normalized spacial score (nSPS) is 14.2. The van der Waals surface area contributed by atoms with Crippen molar-refractivity contribution in [3.05, 3.63) is 36.0 Å². The zero-order valence-corrected chi connectivity index (χ0v) is 20.2. The van der Waals surface area contributed by atoms with E-state index < -0.39 is 29.9 Å². The minimum atomic E-state index is -1.09. The van der Waals surface area contributed by atoms with E-state index in [0.717, 1.165) is 0 Å². The van der Waals surface area contributed by atoms with Gasteiger partial charge in [0.15, 0.2) is 0 Å². The fourth-order valence-corrected chi connectivity index (χ4v) is 3.88. The number of carbonyl (C=O) groups excluding carboxylic acids is 4. The van der Waals surface area contributed by atoms with E-state index >= 15 is 0 Å². The van der Waals surface area contributed by atoms with Crippen molar-refractivity contribution in [1.82, 2.24) is 20.1 Å². The second-order valence-electron chi connectivity index (χ2n) is 8.22. The first kappa shape index (κ1) is 26.4. The molecule has 0 radical (unpaired) electrons. The van der Waals surface area contributed by atoms with Gasteiger partial charge in [0.25, 0.3) is 5.91 Å². The Labute approximate surface area is 207 Å². The number of nitrogens with one attached hydrogen (secondary N) is 2. The molecule has 0 bridgehead atoms. The molecule has 12 nitrogen and oxygen atoms in total. The van der Waals surface area contributed by atoms with Crippen LogP contribution < -0.4 is 10.6 Å². The lowest BCUT2D eigenvalue weighted by Gasteiger charge is -2.35. The Bertz CT molecular complexity index is 1160. The van der Waals surface area contributed by atoms with E-state index in [9.17, 15) is 24.0 Å². The first-order chi connectivity index (χ1) is 17.2. The minimum absolute atomic E-state index is 0.0442. The number of hydrogen-bond acceptors (Lipinski definition) is 7. The van der Waals surface area contributed by atoms with Crippen LogP contribution in [0.2, 0.25) is 0 Å². The number of ether oxygens (including phenoxy) is 1. The lowest BCUT2D eigenvalue weighted by molar-refractivity contribution is -0.138. The molecule has 2 aromatic rings. The number of fused-ring (bicyclic) bond motifs is 1. The number of carboxylic acid groups (broad SMARTS) is 1. The minimum Gasteiger partial charge on any atom is -0.481 e. The van der Waals surface area contributed by atoms with Crippen molar-refractivity contribution >= 4 is 46.4 Å². The maximum absolute atomic E-state index is 13.2. The molecule has 192 valence electrons. The molecule has 1 aliphatic heterocycles. The molecular formula is C24H29N5O7. The SMILES string of the molecule is CCOC(=O)N1CCN(C(=O)C(CCC(=O)O)NC(=O)c2ccc3c(NC(C)=O)cccc3n2)CC1. The summed E-state index contributed by atoms with van der Waals surface area (Å²) in [7, 11) is 0. The van der Waals surface area contributed by atoms with Crippen LogP contribution in [0, 0.1) is 0 Å². The van der Waals surface area contributed by atoms with Crippen LogP contribution in [-0.2, 0) is 19.1 Å². The number of aromatic nitrogens is 1. The zero-order chi connectivity index (χ0) is 26.2. The van der Waals surface area contributed by atoms with E-state index in [2.05, 4.69) is 15.6 Å². The summed E-state index contributed by atoms with van der Waals surface area (Å²) in [5.74, 6) is -2.40. The van der Waals surface area contributed by atoms with Gasteiger partial charge in [0.1, 0.15) is 11.7 Å². The van der Waals surface area contributed by atoms with Crippen LogP contribution in [0.4, 0.5) is 10.5 Å². The number of anilines is 1. The van der Waals surface area contributed by atoms with Crippen LogP contribution in [-0.4, -0.2) is 88.5 Å². The number of pyridine rings is 1. The number of benzene rings is 1. The number of rotatable bonds is 8. The summed E-state index contributed by atoms with van der Waals surface area (Å²) in [6, 6.07) is 7.13. The van der Waals surface area contributed by atoms with Gasteiger partial charge in [-0.15, -0.1) is 0 Å². The van der Waals surface area contributed by atoms with E-state index in [0.29, 0.717) is 16.6 Å². The molecule has 0 spiro atoms. The number of aliphatic carboxylic acids is 1. The quantitative estimate of drug-likeness (QED) is 0.492. The van der Waals surface area contributed by atoms with Crippen LogP contribution in [0.3, 0.4) is 0 Å². The van der Waals surface area contributed by atoms with Gasteiger partial charge in [-0.1, -0.05) is 6.07 Å². The Kier molecular flexibility index (Phi) is 8.76. The van der Waals surface area contributed by atoms with Crippen molar-refractivity contribution in [2.75, 3.05) is 38.1 Å². The fourth-order valence-electron chi connectivity index (χ4n) is 3.88. The predicted octanol–water partition coefficient (Wildman–Crippen LogP) is 1.46. The summed E-state index contributed by atoms with van der Waals surface area (Å²) in [4.78, 5) is 68.0. The molecular weight excluding hydrogens is 470 g/mol. The maximum Gasteiger partial charge on any atom is 0.409 e. The van der Waals surface area contributed by atoms with Crippen molar-refractivity contribution in [1.29, 1.82) is 0 Å². The molecule has 0 saturated carbocycles. The second kappa shape index (κ2) is 12.0. The van der Waals surface area contributed by atoms with Gasteiger partial charge in [-0.05, 0) is 37.6 Å². The van der Waals surface area contributed by atoms with Crippen LogP contribution in [0.5, 0.6) is 0 Å². The molecule has 2 heterocycles. The molecule has 1 saturated heterocycles. The number of piperazine rings is 1. The highest BCUT2D eigenvalue weighted by Gasteiger charge is 2.31. The highest BCUT2D eigenvalue weighted by Crippen LogP contribution is 2.22. The molecule has 1 unspecified atom stereocenters. The fraction of sp³-hybridized carbons (Fsp3) is 0.417. The van der Waals surface area contributed by atoms with Crippen molar-refractivity contribution in [2.45, 2.75) is 32.7 Å². The average Bonchev–Trinajstić information content (AvgIpc) is 2.85. The Morgan fingerprint density at radius 3 is 2.39 bits per heavy atom. The Morgan fingerprint density at radius 1 is 1.06 bits per heavy atom. The van der Waals surface area contributed by atoms with Crippen LogP contribution in [0.25, 0.3) is 10.9 Å². The number of nitrogens with zero attached hydrogens (tertiary/aromatic N) is 3. The first-order valence-corrected chi connectivity index (χ1v) is 11.6. The van der Waals surface area contributed by atoms with Crippen LogP contribution in [0.15, 0.2) is 30.3 Å². The highest BCUT2D eigenvalue weighted by atomic mass is 16.6. The molecule has 3 rings (SSSR count). The van der Waals surface area contributed by atoms with E-state index in [1.165, 1.54) is 22.8 Å². The summed E-state index contributed by atoms with van der Waals surface area (Å²) in [5, 5.41) is 15.1. The van der Waals surface area contributed by atoms with E-state index in [4.69, 9.17) is 9.84 Å². The van der Waals surface area contributed by atoms with Gasteiger partial charge in [0, 0.05) is 44.9 Å². The van der Waals surface area contributed by atoms with E-state index in [-0.39, 0.29) is 57.2 Å². The van der Waals surface area contributed by atoms with Crippen molar-refractivity contribution in [2.24, 2.45) is 0 Å². The van der Waals surface area contributed by atoms with Gasteiger partial charge in [-0.25, -0.2) is 9.78 Å². The average molecular weight is 500 g/mol. The van der Waals surface area contributed by atoms with Gasteiger partial charge in [-0.3, -0.25) is 19.2 Å².